The second-order valence-corrected chi connectivity index (χ2v) is 4.42. The molecule has 0 atom stereocenters. The first-order valence-electron chi connectivity index (χ1n) is 5.97. The summed E-state index contributed by atoms with van der Waals surface area (Å²) in [7, 11) is 0. The van der Waals surface area contributed by atoms with Crippen molar-refractivity contribution in [3.8, 4) is 0 Å². The van der Waals surface area contributed by atoms with Gasteiger partial charge in [0.25, 0.3) is 0 Å². The van der Waals surface area contributed by atoms with Crippen LogP contribution < -0.4 is 5.73 Å². The molecule has 0 amide bonds. The van der Waals surface area contributed by atoms with E-state index in [4.69, 9.17) is 5.73 Å². The molecule has 2 aliphatic carbocycles. The molecule has 17 heavy (non-hydrogen) atoms. The fraction of sp³-hybridized carbons (Fsp3) is 0.125. The van der Waals surface area contributed by atoms with Gasteiger partial charge >= 0.3 is 0 Å². The van der Waals surface area contributed by atoms with Crippen molar-refractivity contribution in [2.24, 2.45) is 0 Å². The number of allylic oxidation sites excluding steroid dienone is 8. The van der Waals surface area contributed by atoms with Crippen LogP contribution in [0.5, 0.6) is 0 Å². The van der Waals surface area contributed by atoms with Crippen molar-refractivity contribution in [3.05, 3.63) is 65.8 Å². The zero-order valence-corrected chi connectivity index (χ0v) is 9.69. The summed E-state index contributed by atoms with van der Waals surface area (Å²) in [5.41, 5.74) is 12.0. The molecule has 84 valence electrons. The zero-order chi connectivity index (χ0) is 11.7. The molecule has 3 rings (SSSR count). The van der Waals surface area contributed by atoms with E-state index in [1.807, 2.05) is 0 Å². The minimum atomic E-state index is 0.874. The van der Waals surface area contributed by atoms with Gasteiger partial charge in [0.15, 0.2) is 0 Å². The Labute approximate surface area is 102 Å². The number of rotatable bonds is 2. The maximum absolute atomic E-state index is 6.15. The Morgan fingerprint density at radius 2 is 2.06 bits per heavy atom. The van der Waals surface area contributed by atoms with Crippen LogP contribution in [0.4, 0.5) is 5.69 Å². The first kappa shape index (κ1) is 10.2. The topological polar surface area (TPSA) is 26.0 Å². The lowest BCUT2D eigenvalue weighted by molar-refractivity contribution is 1.42. The number of nitrogen functional groups attached to an aromatic ring is 1. The van der Waals surface area contributed by atoms with E-state index in [0.29, 0.717) is 0 Å². The molecular formula is C16H15N. The Balaban J connectivity index is 1.97. The third-order valence-electron chi connectivity index (χ3n) is 3.27. The number of hydrogen-bond acceptors (Lipinski definition) is 1. The van der Waals surface area contributed by atoms with Gasteiger partial charge in [0.05, 0.1) is 0 Å². The second-order valence-electron chi connectivity index (χ2n) is 4.42. The average molecular weight is 221 g/mol. The van der Waals surface area contributed by atoms with Crippen molar-refractivity contribution >= 4 is 16.8 Å². The zero-order valence-electron chi connectivity index (χ0n) is 9.69. The van der Waals surface area contributed by atoms with Crippen LogP contribution in [0.25, 0.3) is 11.1 Å². The highest BCUT2D eigenvalue weighted by molar-refractivity contribution is 5.83. The monoisotopic (exact) mass is 221 g/mol. The van der Waals surface area contributed by atoms with Gasteiger partial charge in [-0.15, -0.1) is 0 Å². The van der Waals surface area contributed by atoms with E-state index in [9.17, 15) is 0 Å². The Hall–Kier alpha value is -2.02. The maximum Gasteiger partial charge on any atom is 0.0396 e. The smallest absolute Gasteiger partial charge is 0.0396 e. The van der Waals surface area contributed by atoms with E-state index in [1.54, 1.807) is 0 Å². The molecule has 0 saturated heterocycles. The summed E-state index contributed by atoms with van der Waals surface area (Å²) in [6.07, 6.45) is 15.0. The summed E-state index contributed by atoms with van der Waals surface area (Å²) in [4.78, 5) is 0. The van der Waals surface area contributed by atoms with Crippen molar-refractivity contribution in [3.63, 3.8) is 0 Å². The minimum Gasteiger partial charge on any atom is -0.398 e. The summed E-state index contributed by atoms with van der Waals surface area (Å²) < 4.78 is 0. The standard InChI is InChI=1S/C16H15N/c17-16-11-14(12-5-1-2-6-12)9-10-15(16)13-7-3-4-8-13/h1,3-7,9-11H,2,8,17H2. The lowest BCUT2D eigenvalue weighted by atomic mass is 9.98. The largest absolute Gasteiger partial charge is 0.398 e. The average Bonchev–Trinajstić information content (AvgIpc) is 3.02. The Bertz CT molecular complexity index is 571. The summed E-state index contributed by atoms with van der Waals surface area (Å²) in [6, 6.07) is 6.37. The van der Waals surface area contributed by atoms with Crippen LogP contribution in [0.1, 0.15) is 24.0 Å². The van der Waals surface area contributed by atoms with E-state index in [0.717, 1.165) is 18.5 Å². The van der Waals surface area contributed by atoms with Gasteiger partial charge in [0, 0.05) is 11.3 Å². The SMILES string of the molecule is Nc1cc(C2=CCC=C2)ccc1C1=CC=CC1. The summed E-state index contributed by atoms with van der Waals surface area (Å²) in [6.45, 7) is 0. The van der Waals surface area contributed by atoms with Gasteiger partial charge in [-0.2, -0.15) is 0 Å². The molecule has 1 nitrogen and oxygen atoms in total. The van der Waals surface area contributed by atoms with E-state index >= 15 is 0 Å². The number of anilines is 1. The number of hydrogen-bond donors (Lipinski definition) is 1. The van der Waals surface area contributed by atoms with Crippen LogP contribution in [0.15, 0.2) is 54.7 Å². The van der Waals surface area contributed by atoms with Crippen LogP contribution >= 0.6 is 0 Å². The Morgan fingerprint density at radius 3 is 2.71 bits per heavy atom. The van der Waals surface area contributed by atoms with E-state index < -0.39 is 0 Å². The normalized spacial score (nSPS) is 17.4. The number of nitrogens with two attached hydrogens (primary N) is 1. The molecule has 1 heteroatoms. The van der Waals surface area contributed by atoms with Gasteiger partial charge in [0.1, 0.15) is 0 Å². The molecule has 0 heterocycles. The predicted molar refractivity (Wildman–Crippen MR) is 74.3 cm³/mol. The highest BCUT2D eigenvalue weighted by atomic mass is 14.6. The second kappa shape index (κ2) is 4.10. The highest BCUT2D eigenvalue weighted by Gasteiger charge is 2.09. The van der Waals surface area contributed by atoms with Crippen LogP contribution in [0, 0.1) is 0 Å². The van der Waals surface area contributed by atoms with Crippen molar-refractivity contribution in [2.45, 2.75) is 12.8 Å². The van der Waals surface area contributed by atoms with E-state index in [1.165, 1.54) is 22.3 Å². The first-order chi connectivity index (χ1) is 8.34. The van der Waals surface area contributed by atoms with Gasteiger partial charge in [0.2, 0.25) is 0 Å². The van der Waals surface area contributed by atoms with Crippen molar-refractivity contribution in [1.82, 2.24) is 0 Å². The lowest BCUT2D eigenvalue weighted by Crippen LogP contribution is -1.94. The molecule has 0 spiro atoms. The molecule has 0 aromatic heterocycles. The molecule has 1 aromatic rings. The molecule has 0 radical (unpaired) electrons. The van der Waals surface area contributed by atoms with Crippen LogP contribution in [0.3, 0.4) is 0 Å². The third kappa shape index (κ3) is 1.84. The number of benzene rings is 1. The molecule has 1 aromatic carbocycles. The van der Waals surface area contributed by atoms with E-state index in [-0.39, 0.29) is 0 Å². The molecule has 0 fully saturated rings. The van der Waals surface area contributed by atoms with Crippen molar-refractivity contribution < 1.29 is 0 Å². The summed E-state index contributed by atoms with van der Waals surface area (Å²) >= 11 is 0. The molecule has 0 unspecified atom stereocenters. The molecular weight excluding hydrogens is 206 g/mol. The van der Waals surface area contributed by atoms with Crippen molar-refractivity contribution in [1.29, 1.82) is 0 Å². The fourth-order valence-corrected chi connectivity index (χ4v) is 2.35. The fourth-order valence-electron chi connectivity index (χ4n) is 2.35. The third-order valence-corrected chi connectivity index (χ3v) is 3.27. The summed E-state index contributed by atoms with van der Waals surface area (Å²) in [5, 5.41) is 0. The first-order valence-corrected chi connectivity index (χ1v) is 5.97. The summed E-state index contributed by atoms with van der Waals surface area (Å²) in [5.74, 6) is 0. The van der Waals surface area contributed by atoms with Gasteiger partial charge in [-0.05, 0) is 35.6 Å². The maximum atomic E-state index is 6.15. The molecule has 2 N–H and O–H groups in total. The van der Waals surface area contributed by atoms with Crippen LogP contribution in [0.2, 0.25) is 0 Å². The van der Waals surface area contributed by atoms with Crippen LogP contribution in [-0.4, -0.2) is 0 Å². The minimum absolute atomic E-state index is 0.874. The molecule has 2 aliphatic rings. The highest BCUT2D eigenvalue weighted by Crippen LogP contribution is 2.31. The van der Waals surface area contributed by atoms with Gasteiger partial charge in [-0.3, -0.25) is 0 Å². The lowest BCUT2D eigenvalue weighted by Gasteiger charge is -2.09. The molecule has 0 saturated carbocycles. The van der Waals surface area contributed by atoms with Gasteiger partial charge in [-0.1, -0.05) is 48.6 Å². The van der Waals surface area contributed by atoms with E-state index in [2.05, 4.69) is 54.7 Å². The van der Waals surface area contributed by atoms with Gasteiger partial charge in [-0.25, -0.2) is 0 Å². The van der Waals surface area contributed by atoms with Gasteiger partial charge < -0.3 is 5.73 Å². The van der Waals surface area contributed by atoms with Crippen molar-refractivity contribution in [2.75, 3.05) is 5.73 Å². The Morgan fingerprint density at radius 1 is 1.12 bits per heavy atom. The molecule has 0 aliphatic heterocycles. The Kier molecular flexibility index (Phi) is 2.45. The quantitative estimate of drug-likeness (QED) is 0.752. The molecule has 0 bridgehead atoms. The van der Waals surface area contributed by atoms with Crippen LogP contribution in [-0.2, 0) is 0 Å². The predicted octanol–water partition coefficient (Wildman–Crippen LogP) is 3.96.